The summed E-state index contributed by atoms with van der Waals surface area (Å²) in [6.07, 6.45) is -0.0724. The van der Waals surface area contributed by atoms with Crippen molar-refractivity contribution in [3.63, 3.8) is 0 Å². The van der Waals surface area contributed by atoms with Crippen molar-refractivity contribution >= 4 is 17.4 Å². The maximum atomic E-state index is 11.6. The summed E-state index contributed by atoms with van der Waals surface area (Å²) in [6.45, 7) is 4.82. The second-order valence-corrected chi connectivity index (χ2v) is 5.11. The van der Waals surface area contributed by atoms with E-state index in [4.69, 9.17) is 4.74 Å². The van der Waals surface area contributed by atoms with Crippen LogP contribution in [0.1, 0.15) is 24.5 Å². The Balaban J connectivity index is 1.97. The molecule has 0 radical (unpaired) electrons. The fourth-order valence-corrected chi connectivity index (χ4v) is 2.35. The number of amides is 1. The molecule has 0 spiro atoms. The predicted octanol–water partition coefficient (Wildman–Crippen LogP) is 1.57. The normalized spacial score (nSPS) is 14.1. The number of anilines is 1. The molecule has 5 nitrogen and oxygen atoms in total. The number of Topliss-reactive ketones (excluding diaryl/α,β-unsaturated/α-hetero) is 1. The number of nitrogens with one attached hydrogen (secondary N) is 1. The van der Waals surface area contributed by atoms with Crippen LogP contribution < -0.4 is 5.32 Å². The average Bonchev–Trinajstić information content (AvgIpc) is 2.77. The molecule has 1 aliphatic heterocycles. The molecule has 1 heterocycles. The number of ether oxygens (including phenoxy) is 1. The average molecular weight is 276 g/mol. The van der Waals surface area contributed by atoms with Crippen LogP contribution >= 0.6 is 0 Å². The van der Waals surface area contributed by atoms with Gasteiger partial charge in [0.2, 0.25) is 5.91 Å². The number of fused-ring (bicyclic) bond motifs is 1. The van der Waals surface area contributed by atoms with E-state index in [2.05, 4.69) is 10.2 Å². The smallest absolute Gasteiger partial charge is 0.231 e. The van der Waals surface area contributed by atoms with Crippen molar-refractivity contribution in [3.8, 4) is 0 Å². The molecule has 1 aliphatic rings. The Morgan fingerprint density at radius 3 is 2.75 bits per heavy atom. The van der Waals surface area contributed by atoms with Gasteiger partial charge in [-0.1, -0.05) is 6.07 Å². The van der Waals surface area contributed by atoms with Crippen LogP contribution in [0.3, 0.4) is 0 Å². The Hall–Kier alpha value is -1.72. The summed E-state index contributed by atoms with van der Waals surface area (Å²) in [5.41, 5.74) is 3.26. The molecule has 0 saturated heterocycles. The highest BCUT2D eigenvalue weighted by atomic mass is 16.5. The topological polar surface area (TPSA) is 58.6 Å². The summed E-state index contributed by atoms with van der Waals surface area (Å²) >= 11 is 0. The minimum absolute atomic E-state index is 0.0724. The molecule has 1 aromatic rings. The number of benzene rings is 1. The summed E-state index contributed by atoms with van der Waals surface area (Å²) in [7, 11) is 1.70. The summed E-state index contributed by atoms with van der Waals surface area (Å²) in [4.78, 5) is 24.8. The number of hydrogen-bond acceptors (Lipinski definition) is 4. The van der Waals surface area contributed by atoms with Gasteiger partial charge in [-0.25, -0.2) is 0 Å². The molecule has 0 bridgehead atoms. The minimum atomic E-state index is -0.258. The van der Waals surface area contributed by atoms with Gasteiger partial charge in [0.25, 0.3) is 0 Å². The SMILES string of the molecule is COCCN1Cc2ccc(NC(=O)CC(C)=O)cc2C1. The highest BCUT2D eigenvalue weighted by Crippen LogP contribution is 2.25. The number of methoxy groups -OCH3 is 1. The Bertz CT molecular complexity index is 514. The van der Waals surface area contributed by atoms with Gasteiger partial charge in [-0.15, -0.1) is 0 Å². The van der Waals surface area contributed by atoms with Crippen LogP contribution in [0.15, 0.2) is 18.2 Å². The quantitative estimate of drug-likeness (QED) is 0.801. The zero-order chi connectivity index (χ0) is 14.5. The van der Waals surface area contributed by atoms with Crippen LogP contribution in [0, 0.1) is 0 Å². The molecule has 108 valence electrons. The van der Waals surface area contributed by atoms with Crippen molar-refractivity contribution in [1.82, 2.24) is 4.90 Å². The molecule has 0 unspecified atom stereocenters. The first-order valence-electron chi connectivity index (χ1n) is 6.71. The highest BCUT2D eigenvalue weighted by Gasteiger charge is 2.19. The lowest BCUT2D eigenvalue weighted by Crippen LogP contribution is -2.21. The monoisotopic (exact) mass is 276 g/mol. The van der Waals surface area contributed by atoms with Gasteiger partial charge in [0.1, 0.15) is 5.78 Å². The van der Waals surface area contributed by atoms with Gasteiger partial charge >= 0.3 is 0 Å². The van der Waals surface area contributed by atoms with E-state index in [9.17, 15) is 9.59 Å². The molecule has 0 saturated carbocycles. The van der Waals surface area contributed by atoms with E-state index in [1.165, 1.54) is 18.1 Å². The molecule has 0 aromatic heterocycles. The first kappa shape index (κ1) is 14.7. The van der Waals surface area contributed by atoms with Crippen molar-refractivity contribution in [2.24, 2.45) is 0 Å². The third-order valence-electron chi connectivity index (χ3n) is 3.30. The Kier molecular flexibility index (Phi) is 4.87. The lowest BCUT2D eigenvalue weighted by atomic mass is 10.1. The zero-order valence-electron chi connectivity index (χ0n) is 11.9. The van der Waals surface area contributed by atoms with E-state index < -0.39 is 0 Å². The number of carbonyl (C=O) groups is 2. The van der Waals surface area contributed by atoms with E-state index in [1.54, 1.807) is 7.11 Å². The molecular formula is C15H20N2O3. The van der Waals surface area contributed by atoms with Gasteiger partial charge in [-0.3, -0.25) is 14.5 Å². The van der Waals surface area contributed by atoms with E-state index in [0.717, 1.165) is 31.9 Å². The van der Waals surface area contributed by atoms with Gasteiger partial charge in [0.05, 0.1) is 13.0 Å². The minimum Gasteiger partial charge on any atom is -0.383 e. The Morgan fingerprint density at radius 2 is 2.05 bits per heavy atom. The summed E-state index contributed by atoms with van der Waals surface area (Å²) in [5.74, 6) is -0.388. The van der Waals surface area contributed by atoms with Gasteiger partial charge in [-0.2, -0.15) is 0 Å². The first-order valence-corrected chi connectivity index (χ1v) is 6.71. The third kappa shape index (κ3) is 3.88. The van der Waals surface area contributed by atoms with Crippen LogP contribution in [0.2, 0.25) is 0 Å². The van der Waals surface area contributed by atoms with Crippen LogP contribution in [0.25, 0.3) is 0 Å². The summed E-state index contributed by atoms with van der Waals surface area (Å²) in [6, 6.07) is 5.91. The highest BCUT2D eigenvalue weighted by molar-refractivity contribution is 6.03. The Labute approximate surface area is 118 Å². The fraction of sp³-hybridized carbons (Fsp3) is 0.467. The lowest BCUT2D eigenvalue weighted by Gasteiger charge is -2.13. The van der Waals surface area contributed by atoms with Crippen molar-refractivity contribution in [2.75, 3.05) is 25.6 Å². The van der Waals surface area contributed by atoms with Crippen LogP contribution in [-0.4, -0.2) is 36.9 Å². The van der Waals surface area contributed by atoms with E-state index in [1.807, 2.05) is 18.2 Å². The maximum Gasteiger partial charge on any atom is 0.231 e. The standard InChI is InChI=1S/C15H20N2O3/c1-11(18)7-15(19)16-14-4-3-12-9-17(5-6-20-2)10-13(12)8-14/h3-4,8H,5-7,9-10H2,1-2H3,(H,16,19). The van der Waals surface area contributed by atoms with E-state index in [-0.39, 0.29) is 18.1 Å². The molecule has 0 aliphatic carbocycles. The first-order chi connectivity index (χ1) is 9.58. The van der Waals surface area contributed by atoms with Gasteiger partial charge in [-0.05, 0) is 30.2 Å². The van der Waals surface area contributed by atoms with Crippen LogP contribution in [0.4, 0.5) is 5.69 Å². The number of rotatable bonds is 6. The van der Waals surface area contributed by atoms with Crippen molar-refractivity contribution in [3.05, 3.63) is 29.3 Å². The Morgan fingerprint density at radius 1 is 1.30 bits per heavy atom. The number of nitrogens with zero attached hydrogens (tertiary/aromatic N) is 1. The summed E-state index contributed by atoms with van der Waals surface area (Å²) < 4.78 is 5.09. The lowest BCUT2D eigenvalue weighted by molar-refractivity contribution is -0.124. The number of hydrogen-bond donors (Lipinski definition) is 1. The van der Waals surface area contributed by atoms with E-state index in [0.29, 0.717) is 0 Å². The van der Waals surface area contributed by atoms with Crippen molar-refractivity contribution < 1.29 is 14.3 Å². The molecule has 0 atom stereocenters. The number of carbonyl (C=O) groups excluding carboxylic acids is 2. The van der Waals surface area contributed by atoms with Crippen LogP contribution in [0.5, 0.6) is 0 Å². The predicted molar refractivity (Wildman–Crippen MR) is 76.4 cm³/mol. The largest absolute Gasteiger partial charge is 0.383 e. The molecule has 0 fully saturated rings. The molecular weight excluding hydrogens is 256 g/mol. The number of ketones is 1. The maximum absolute atomic E-state index is 11.6. The molecule has 1 aromatic carbocycles. The molecule has 20 heavy (non-hydrogen) atoms. The van der Waals surface area contributed by atoms with Crippen molar-refractivity contribution in [1.29, 1.82) is 0 Å². The summed E-state index contributed by atoms with van der Waals surface area (Å²) in [5, 5.41) is 2.76. The molecule has 2 rings (SSSR count). The second-order valence-electron chi connectivity index (χ2n) is 5.11. The van der Waals surface area contributed by atoms with Crippen LogP contribution in [-0.2, 0) is 27.4 Å². The zero-order valence-corrected chi connectivity index (χ0v) is 11.9. The van der Waals surface area contributed by atoms with Gasteiger partial charge < -0.3 is 10.1 Å². The van der Waals surface area contributed by atoms with Gasteiger partial charge in [0, 0.05) is 32.4 Å². The molecule has 1 amide bonds. The molecule has 5 heteroatoms. The molecule has 1 N–H and O–H groups in total. The second kappa shape index (κ2) is 6.63. The van der Waals surface area contributed by atoms with Gasteiger partial charge in [0.15, 0.2) is 0 Å². The third-order valence-corrected chi connectivity index (χ3v) is 3.30. The van der Waals surface area contributed by atoms with Crippen molar-refractivity contribution in [2.45, 2.75) is 26.4 Å². The van der Waals surface area contributed by atoms with E-state index >= 15 is 0 Å². The fourth-order valence-electron chi connectivity index (χ4n) is 2.35.